The molecule has 4 aromatic rings. The van der Waals surface area contributed by atoms with E-state index in [1.165, 1.54) is 23.0 Å². The molecular weight excluding hydrogens is 479 g/mol. The molecule has 0 fully saturated rings. The summed E-state index contributed by atoms with van der Waals surface area (Å²) < 4.78 is 39.4. The summed E-state index contributed by atoms with van der Waals surface area (Å²) in [5, 5.41) is 0.581. The quantitative estimate of drug-likeness (QED) is 0.282. The van der Waals surface area contributed by atoms with Gasteiger partial charge in [-0.2, -0.15) is 13.2 Å². The van der Waals surface area contributed by atoms with Gasteiger partial charge in [0.15, 0.2) is 0 Å². The Morgan fingerprint density at radius 3 is 2.41 bits per heavy atom. The molecule has 2 heterocycles. The molecule has 7 heteroatoms. The Balaban J connectivity index is 1.51. The van der Waals surface area contributed by atoms with Gasteiger partial charge >= 0.3 is 6.18 Å². The van der Waals surface area contributed by atoms with Gasteiger partial charge in [0.1, 0.15) is 0 Å². The predicted molar refractivity (Wildman–Crippen MR) is 129 cm³/mol. The van der Waals surface area contributed by atoms with Gasteiger partial charge in [0.2, 0.25) is 0 Å². The van der Waals surface area contributed by atoms with Gasteiger partial charge in [0.25, 0.3) is 5.91 Å². The number of halogens is 4. The van der Waals surface area contributed by atoms with Gasteiger partial charge in [-0.15, -0.1) is 11.3 Å². The van der Waals surface area contributed by atoms with Gasteiger partial charge in [-0.3, -0.25) is 4.79 Å². The second-order valence-corrected chi connectivity index (χ2v) is 9.60. The highest BCUT2D eigenvalue weighted by Gasteiger charge is 2.34. The maximum atomic E-state index is 13.7. The molecule has 5 rings (SSSR count). The van der Waals surface area contributed by atoms with Crippen molar-refractivity contribution in [1.82, 2.24) is 4.90 Å². The number of nitrogens with zero attached hydrogens (tertiary/aromatic N) is 1. The van der Waals surface area contributed by atoms with Gasteiger partial charge < -0.3 is 4.90 Å². The van der Waals surface area contributed by atoms with Crippen molar-refractivity contribution in [1.29, 1.82) is 0 Å². The standard InChI is InChI=1S/C27H19ClF3NOS/c28-22-11-4-3-10-21(22)25-20-9-2-1-6-17(20)14-15-32(25)26(33)24-13-12-23(34-24)18-7-5-8-19(16-18)27(29,30)31/h1-13,16,25H,14-15H2. The fourth-order valence-electron chi connectivity index (χ4n) is 4.42. The molecule has 1 aliphatic heterocycles. The zero-order valence-electron chi connectivity index (χ0n) is 17.9. The van der Waals surface area contributed by atoms with Crippen LogP contribution in [-0.2, 0) is 12.6 Å². The van der Waals surface area contributed by atoms with E-state index >= 15 is 0 Å². The van der Waals surface area contributed by atoms with Crippen LogP contribution in [0, 0.1) is 0 Å². The number of alkyl halides is 3. The molecule has 3 aromatic carbocycles. The maximum absolute atomic E-state index is 13.7. The summed E-state index contributed by atoms with van der Waals surface area (Å²) in [5.74, 6) is -0.164. The zero-order valence-corrected chi connectivity index (χ0v) is 19.4. The summed E-state index contributed by atoms with van der Waals surface area (Å²) in [7, 11) is 0. The number of benzene rings is 3. The normalized spacial score (nSPS) is 15.8. The fourth-order valence-corrected chi connectivity index (χ4v) is 5.61. The third-order valence-corrected chi connectivity index (χ3v) is 7.50. The molecule has 0 saturated carbocycles. The molecule has 0 radical (unpaired) electrons. The van der Waals surface area contributed by atoms with Crippen LogP contribution >= 0.6 is 22.9 Å². The topological polar surface area (TPSA) is 20.3 Å². The summed E-state index contributed by atoms with van der Waals surface area (Å²) in [6, 6.07) is 23.7. The Morgan fingerprint density at radius 1 is 0.912 bits per heavy atom. The average Bonchev–Trinajstić information content (AvgIpc) is 3.33. The van der Waals surface area contributed by atoms with E-state index in [9.17, 15) is 18.0 Å². The molecule has 0 bridgehead atoms. The number of carbonyl (C=O) groups excluding carboxylic acids is 1. The van der Waals surface area contributed by atoms with Crippen molar-refractivity contribution in [3.8, 4) is 10.4 Å². The molecule has 34 heavy (non-hydrogen) atoms. The SMILES string of the molecule is O=C(c1ccc(-c2cccc(C(F)(F)F)c2)s1)N1CCc2ccccc2C1c1ccccc1Cl. The summed E-state index contributed by atoms with van der Waals surface area (Å²) in [6.07, 6.45) is -3.70. The van der Waals surface area contributed by atoms with Crippen LogP contribution < -0.4 is 0 Å². The summed E-state index contributed by atoms with van der Waals surface area (Å²) in [6.45, 7) is 0.516. The van der Waals surface area contributed by atoms with Gasteiger partial charge in [0, 0.05) is 16.4 Å². The van der Waals surface area contributed by atoms with E-state index in [2.05, 4.69) is 6.07 Å². The van der Waals surface area contributed by atoms with Crippen molar-refractivity contribution < 1.29 is 18.0 Å². The van der Waals surface area contributed by atoms with Crippen molar-refractivity contribution in [2.75, 3.05) is 6.54 Å². The van der Waals surface area contributed by atoms with Crippen molar-refractivity contribution >= 4 is 28.8 Å². The number of thiophene rings is 1. The third kappa shape index (κ3) is 4.24. The monoisotopic (exact) mass is 497 g/mol. The molecule has 1 amide bonds. The van der Waals surface area contributed by atoms with Crippen LogP contribution in [-0.4, -0.2) is 17.4 Å². The largest absolute Gasteiger partial charge is 0.416 e. The van der Waals surface area contributed by atoms with E-state index in [0.717, 1.165) is 23.3 Å². The number of hydrogen-bond donors (Lipinski definition) is 0. The number of hydrogen-bond acceptors (Lipinski definition) is 2. The Bertz CT molecular complexity index is 1360. The Kier molecular flexibility index (Phi) is 5.96. The Labute approximate surface area is 204 Å². The summed E-state index contributed by atoms with van der Waals surface area (Å²) in [5.41, 5.74) is 2.78. The molecule has 1 aromatic heterocycles. The highest BCUT2D eigenvalue weighted by atomic mass is 35.5. The first-order valence-corrected chi connectivity index (χ1v) is 11.9. The van der Waals surface area contributed by atoms with E-state index in [-0.39, 0.29) is 11.9 Å². The lowest BCUT2D eigenvalue weighted by Crippen LogP contribution is -2.40. The molecule has 0 spiro atoms. The van der Waals surface area contributed by atoms with Crippen LogP contribution in [0.1, 0.15) is 38.0 Å². The number of rotatable bonds is 3. The van der Waals surface area contributed by atoms with Crippen LogP contribution in [0.25, 0.3) is 10.4 Å². The van der Waals surface area contributed by atoms with Gasteiger partial charge in [-0.05, 0) is 59.0 Å². The molecular formula is C27H19ClF3NOS. The lowest BCUT2D eigenvalue weighted by molar-refractivity contribution is -0.137. The second-order valence-electron chi connectivity index (χ2n) is 8.11. The van der Waals surface area contributed by atoms with Gasteiger partial charge in [-0.1, -0.05) is 66.2 Å². The molecule has 172 valence electrons. The number of carbonyl (C=O) groups is 1. The van der Waals surface area contributed by atoms with Crippen molar-refractivity contribution in [2.45, 2.75) is 18.6 Å². The molecule has 0 saturated heterocycles. The van der Waals surface area contributed by atoms with Crippen LogP contribution in [0.2, 0.25) is 5.02 Å². The van der Waals surface area contributed by atoms with E-state index in [0.29, 0.717) is 33.3 Å². The van der Waals surface area contributed by atoms with Crippen LogP contribution in [0.3, 0.4) is 0 Å². The lowest BCUT2D eigenvalue weighted by Gasteiger charge is -2.38. The lowest BCUT2D eigenvalue weighted by atomic mass is 9.88. The van der Waals surface area contributed by atoms with E-state index < -0.39 is 11.7 Å². The van der Waals surface area contributed by atoms with E-state index in [1.807, 2.05) is 47.4 Å². The first kappa shape index (κ1) is 22.7. The molecule has 1 unspecified atom stereocenters. The average molecular weight is 498 g/mol. The number of fused-ring (bicyclic) bond motifs is 1. The van der Waals surface area contributed by atoms with E-state index in [1.54, 1.807) is 18.2 Å². The van der Waals surface area contributed by atoms with Crippen molar-refractivity contribution in [2.24, 2.45) is 0 Å². The predicted octanol–water partition coefficient (Wildman–Crippen LogP) is 7.88. The van der Waals surface area contributed by atoms with E-state index in [4.69, 9.17) is 11.6 Å². The Morgan fingerprint density at radius 2 is 1.65 bits per heavy atom. The summed E-state index contributed by atoms with van der Waals surface area (Å²) in [4.78, 5) is 16.6. The summed E-state index contributed by atoms with van der Waals surface area (Å²) >= 11 is 7.75. The molecule has 1 atom stereocenters. The van der Waals surface area contributed by atoms with Gasteiger partial charge in [-0.25, -0.2) is 0 Å². The van der Waals surface area contributed by atoms with Crippen molar-refractivity contribution in [3.63, 3.8) is 0 Å². The van der Waals surface area contributed by atoms with Crippen LogP contribution in [0.15, 0.2) is 84.9 Å². The minimum absolute atomic E-state index is 0.164. The van der Waals surface area contributed by atoms with Crippen LogP contribution in [0.5, 0.6) is 0 Å². The highest BCUT2D eigenvalue weighted by molar-refractivity contribution is 7.17. The van der Waals surface area contributed by atoms with Crippen LogP contribution in [0.4, 0.5) is 13.2 Å². The molecule has 1 aliphatic rings. The highest BCUT2D eigenvalue weighted by Crippen LogP contribution is 2.40. The first-order chi connectivity index (χ1) is 16.3. The Hall–Kier alpha value is -3.09. The molecule has 2 nitrogen and oxygen atoms in total. The minimum Gasteiger partial charge on any atom is -0.326 e. The van der Waals surface area contributed by atoms with Crippen molar-refractivity contribution in [3.05, 3.63) is 117 Å². The van der Waals surface area contributed by atoms with Gasteiger partial charge in [0.05, 0.1) is 16.5 Å². The smallest absolute Gasteiger partial charge is 0.326 e. The minimum atomic E-state index is -4.42. The molecule has 0 N–H and O–H groups in total. The molecule has 0 aliphatic carbocycles. The number of amides is 1. The second kappa shape index (κ2) is 8.93. The zero-order chi connectivity index (χ0) is 23.9. The first-order valence-electron chi connectivity index (χ1n) is 10.7. The fraction of sp³-hybridized carbons (Fsp3) is 0.148. The maximum Gasteiger partial charge on any atom is 0.416 e. The third-order valence-electron chi connectivity index (χ3n) is 6.04.